The minimum absolute atomic E-state index is 0. The van der Waals surface area contributed by atoms with Gasteiger partial charge in [-0.2, -0.15) is 0 Å². The quantitative estimate of drug-likeness (QED) is 0.654. The predicted molar refractivity (Wildman–Crippen MR) is 111 cm³/mol. The van der Waals surface area contributed by atoms with Crippen molar-refractivity contribution in [1.82, 2.24) is 15.6 Å². The zero-order valence-electron chi connectivity index (χ0n) is 16.6. The van der Waals surface area contributed by atoms with Crippen LogP contribution in [0.3, 0.4) is 0 Å². The van der Waals surface area contributed by atoms with Crippen LogP contribution in [0, 0.1) is 18.6 Å². The Morgan fingerprint density at radius 1 is 1.30 bits per heavy atom. The summed E-state index contributed by atoms with van der Waals surface area (Å²) < 4.78 is 41.5. The molecule has 30 heavy (non-hydrogen) atoms. The first-order valence-electron chi connectivity index (χ1n) is 9.39. The normalized spacial score (nSPS) is 16.3. The van der Waals surface area contributed by atoms with Gasteiger partial charge in [-0.3, -0.25) is 9.78 Å². The van der Waals surface area contributed by atoms with Crippen LogP contribution in [0.25, 0.3) is 22.4 Å². The van der Waals surface area contributed by atoms with Crippen LogP contribution in [0.15, 0.2) is 28.8 Å². The number of pyridine rings is 1. The van der Waals surface area contributed by atoms with Crippen LogP contribution in [0.4, 0.5) is 8.78 Å². The lowest BCUT2D eigenvalue weighted by Crippen LogP contribution is -2.39. The van der Waals surface area contributed by atoms with Crippen molar-refractivity contribution in [2.24, 2.45) is 0 Å². The van der Waals surface area contributed by atoms with E-state index >= 15 is 0 Å². The summed E-state index contributed by atoms with van der Waals surface area (Å²) in [6.45, 7) is 3.81. The number of benzene rings is 1. The molecule has 4 rings (SSSR count). The fraction of sp³-hybridized carbons (Fsp3) is 0.333. The summed E-state index contributed by atoms with van der Waals surface area (Å²) in [5.41, 5.74) is 2.04. The first kappa shape index (κ1) is 22.1. The molecular weight excluding hydrogens is 416 g/mol. The van der Waals surface area contributed by atoms with Crippen LogP contribution in [-0.2, 0) is 11.2 Å². The highest BCUT2D eigenvalue weighted by Gasteiger charge is 2.27. The monoisotopic (exact) mass is 437 g/mol. The number of hydrogen-bond acceptors (Lipinski definition) is 5. The van der Waals surface area contributed by atoms with E-state index < -0.39 is 17.5 Å². The number of rotatable bonds is 4. The molecule has 1 amide bonds. The molecule has 0 bridgehead atoms. The van der Waals surface area contributed by atoms with Crippen molar-refractivity contribution >= 4 is 29.4 Å². The van der Waals surface area contributed by atoms with Gasteiger partial charge in [-0.25, -0.2) is 8.78 Å². The number of nitrogens with zero attached hydrogens (tertiary/aromatic N) is 1. The van der Waals surface area contributed by atoms with Gasteiger partial charge in [0.1, 0.15) is 22.9 Å². The average molecular weight is 438 g/mol. The molecule has 2 aromatic heterocycles. The molecular formula is C21H22ClF2N3O3. The number of halogens is 3. The Bertz CT molecular complexity index is 1060. The second-order valence-electron chi connectivity index (χ2n) is 7.06. The van der Waals surface area contributed by atoms with E-state index in [0.717, 1.165) is 24.2 Å². The summed E-state index contributed by atoms with van der Waals surface area (Å²) in [5, 5.41) is 5.60. The van der Waals surface area contributed by atoms with E-state index in [1.807, 2.05) is 6.92 Å². The van der Waals surface area contributed by atoms with Gasteiger partial charge in [-0.05, 0) is 30.7 Å². The maximum Gasteiger partial charge on any atom is 0.251 e. The highest BCUT2D eigenvalue weighted by Crippen LogP contribution is 2.37. The Balaban J connectivity index is 0.00000256. The molecule has 1 saturated heterocycles. The summed E-state index contributed by atoms with van der Waals surface area (Å²) in [5.74, 6) is -2.24. The van der Waals surface area contributed by atoms with Crippen molar-refractivity contribution in [3.63, 3.8) is 0 Å². The van der Waals surface area contributed by atoms with Gasteiger partial charge in [0.15, 0.2) is 5.58 Å². The summed E-state index contributed by atoms with van der Waals surface area (Å²) in [4.78, 5) is 16.2. The Labute approximate surface area is 178 Å². The second kappa shape index (κ2) is 9.07. The maximum absolute atomic E-state index is 14.9. The number of carbonyl (C=O) groups is 1. The summed E-state index contributed by atoms with van der Waals surface area (Å²) in [7, 11) is 1.40. The Kier molecular flexibility index (Phi) is 6.70. The number of ether oxygens (including phenoxy) is 1. The number of fused-ring (bicyclic) bond motifs is 1. The largest absolute Gasteiger partial charge is 0.454 e. The Morgan fingerprint density at radius 3 is 2.67 bits per heavy atom. The highest BCUT2D eigenvalue weighted by atomic mass is 35.5. The third-order valence-corrected chi connectivity index (χ3v) is 4.96. The SMILES string of the molecule is CNC(=O)c1cc(F)c(-c2oc3cc(C)cnc3c2CC2CNCCO2)c(F)c1.Cl. The molecule has 0 saturated carbocycles. The number of hydrogen-bond donors (Lipinski definition) is 2. The van der Waals surface area contributed by atoms with Crippen molar-refractivity contribution in [2.75, 3.05) is 26.7 Å². The van der Waals surface area contributed by atoms with Crippen molar-refractivity contribution in [2.45, 2.75) is 19.4 Å². The molecule has 3 heterocycles. The standard InChI is InChI=1S/C21H21F2N3O3.ClH/c1-11-5-17-19(26-9-11)14(8-13-10-25-3-4-28-13)20(29-17)18-15(22)6-12(7-16(18)23)21(27)24-2;/h5-7,9,13,25H,3-4,8,10H2,1-2H3,(H,24,27);1H. The smallest absolute Gasteiger partial charge is 0.251 e. The number of amides is 1. The van der Waals surface area contributed by atoms with E-state index in [9.17, 15) is 13.6 Å². The maximum atomic E-state index is 14.9. The summed E-state index contributed by atoms with van der Waals surface area (Å²) >= 11 is 0. The number of aromatic nitrogens is 1. The van der Waals surface area contributed by atoms with Crippen LogP contribution < -0.4 is 10.6 Å². The molecule has 3 aromatic rings. The first-order chi connectivity index (χ1) is 14.0. The zero-order chi connectivity index (χ0) is 20.5. The molecule has 0 radical (unpaired) electrons. The molecule has 1 aliphatic heterocycles. The van der Waals surface area contributed by atoms with Crippen LogP contribution in [0.5, 0.6) is 0 Å². The van der Waals surface area contributed by atoms with Crippen LogP contribution >= 0.6 is 12.4 Å². The topological polar surface area (TPSA) is 76.4 Å². The summed E-state index contributed by atoms with van der Waals surface area (Å²) in [6, 6.07) is 3.79. The fourth-order valence-corrected chi connectivity index (χ4v) is 3.56. The van der Waals surface area contributed by atoms with Gasteiger partial charge in [0.25, 0.3) is 5.91 Å². The Morgan fingerprint density at radius 2 is 2.03 bits per heavy atom. The van der Waals surface area contributed by atoms with Gasteiger partial charge >= 0.3 is 0 Å². The third-order valence-electron chi connectivity index (χ3n) is 4.96. The molecule has 0 aliphatic carbocycles. The van der Waals surface area contributed by atoms with Gasteiger partial charge < -0.3 is 19.8 Å². The molecule has 1 aliphatic rings. The number of morpholine rings is 1. The van der Waals surface area contributed by atoms with Crippen LogP contribution in [0.1, 0.15) is 21.5 Å². The molecule has 0 spiro atoms. The van der Waals surface area contributed by atoms with Crippen LogP contribution in [-0.4, -0.2) is 43.7 Å². The van der Waals surface area contributed by atoms with Crippen molar-refractivity contribution < 1.29 is 22.7 Å². The number of carbonyl (C=O) groups excluding carboxylic acids is 1. The third kappa shape index (κ3) is 4.16. The van der Waals surface area contributed by atoms with Crippen molar-refractivity contribution in [1.29, 1.82) is 0 Å². The highest BCUT2D eigenvalue weighted by molar-refractivity contribution is 5.95. The molecule has 2 N–H and O–H groups in total. The zero-order valence-corrected chi connectivity index (χ0v) is 17.4. The summed E-state index contributed by atoms with van der Waals surface area (Å²) in [6.07, 6.45) is 1.91. The van der Waals surface area contributed by atoms with Gasteiger partial charge in [-0.15, -0.1) is 12.4 Å². The van der Waals surface area contributed by atoms with Gasteiger partial charge in [-0.1, -0.05) is 0 Å². The van der Waals surface area contributed by atoms with E-state index in [4.69, 9.17) is 9.15 Å². The number of nitrogens with one attached hydrogen (secondary N) is 2. The van der Waals surface area contributed by atoms with E-state index in [2.05, 4.69) is 15.6 Å². The minimum atomic E-state index is -0.872. The number of furan rings is 1. The minimum Gasteiger partial charge on any atom is -0.454 e. The van der Waals surface area contributed by atoms with E-state index in [-0.39, 0.29) is 35.4 Å². The lowest BCUT2D eigenvalue weighted by molar-refractivity contribution is 0.0294. The first-order valence-corrected chi connectivity index (χ1v) is 9.39. The molecule has 1 atom stereocenters. The number of aryl methyl sites for hydroxylation is 1. The van der Waals surface area contributed by atoms with E-state index in [1.54, 1.807) is 12.3 Å². The second-order valence-corrected chi connectivity index (χ2v) is 7.06. The van der Waals surface area contributed by atoms with Gasteiger partial charge in [0.2, 0.25) is 0 Å². The Hall–Kier alpha value is -2.55. The molecule has 160 valence electrons. The predicted octanol–water partition coefficient (Wildman–Crippen LogP) is 3.39. The lowest BCUT2D eigenvalue weighted by Gasteiger charge is -2.23. The molecule has 6 nitrogen and oxygen atoms in total. The van der Waals surface area contributed by atoms with Crippen LogP contribution in [0.2, 0.25) is 0 Å². The molecule has 9 heteroatoms. The van der Waals surface area contributed by atoms with E-state index in [1.165, 1.54) is 7.05 Å². The van der Waals surface area contributed by atoms with Gasteiger partial charge in [0.05, 0.1) is 18.3 Å². The van der Waals surface area contributed by atoms with E-state index in [0.29, 0.717) is 36.2 Å². The lowest BCUT2D eigenvalue weighted by atomic mass is 9.99. The van der Waals surface area contributed by atoms with Crippen molar-refractivity contribution in [3.05, 3.63) is 52.7 Å². The molecule has 1 unspecified atom stereocenters. The molecule has 1 aromatic carbocycles. The average Bonchev–Trinajstić information content (AvgIpc) is 3.04. The fourth-order valence-electron chi connectivity index (χ4n) is 3.56. The molecule has 1 fully saturated rings. The van der Waals surface area contributed by atoms with Gasteiger partial charge in [0, 0.05) is 43.9 Å². The van der Waals surface area contributed by atoms with Crippen molar-refractivity contribution in [3.8, 4) is 11.3 Å².